The van der Waals surface area contributed by atoms with Crippen molar-refractivity contribution in [3.8, 4) is 0 Å². The Morgan fingerprint density at radius 3 is 2.58 bits per heavy atom. The van der Waals surface area contributed by atoms with Gasteiger partial charge in [0.1, 0.15) is 0 Å². The van der Waals surface area contributed by atoms with Gasteiger partial charge in [-0.05, 0) is 48.6 Å². The molecule has 0 spiro atoms. The van der Waals surface area contributed by atoms with Crippen molar-refractivity contribution in [2.45, 2.75) is 13.3 Å². The molecule has 4 rings (SSSR count). The molecule has 8 heteroatoms. The Labute approximate surface area is 195 Å². The molecule has 3 heterocycles. The number of carbonyl (C=O) groups is 2. The third-order valence-corrected chi connectivity index (χ3v) is 7.79. The summed E-state index contributed by atoms with van der Waals surface area (Å²) in [7, 11) is 0. The number of hydrogen-bond donors (Lipinski definition) is 1. The summed E-state index contributed by atoms with van der Waals surface area (Å²) in [5.74, 6) is -0.233. The molecule has 0 unspecified atom stereocenters. The number of carbonyl (C=O) groups excluding carboxylic acids is 2. The Morgan fingerprint density at radius 2 is 1.87 bits per heavy atom. The van der Waals surface area contributed by atoms with Gasteiger partial charge in [-0.3, -0.25) is 14.5 Å². The number of amides is 2. The first-order valence-electron chi connectivity index (χ1n) is 10.2. The number of anilines is 1. The standard InChI is InChI=1S/C23H24ClN3O2S2/c1-16-15-20(25-22(28)18-6-2-3-7-19(18)24)31-21(16)23(29)27-12-10-26(11-13-27)9-8-17-5-4-14-30-17/h2-7,14-15H,8-13H2,1H3,(H,25,28). The van der Waals surface area contributed by atoms with Crippen LogP contribution in [-0.4, -0.2) is 54.3 Å². The fourth-order valence-corrected chi connectivity index (χ4v) is 5.58. The van der Waals surface area contributed by atoms with Crippen LogP contribution in [0.2, 0.25) is 5.02 Å². The van der Waals surface area contributed by atoms with Crippen LogP contribution in [0.5, 0.6) is 0 Å². The predicted molar refractivity (Wildman–Crippen MR) is 129 cm³/mol. The van der Waals surface area contributed by atoms with Gasteiger partial charge in [0.15, 0.2) is 0 Å². The van der Waals surface area contributed by atoms with Gasteiger partial charge in [-0.2, -0.15) is 0 Å². The van der Waals surface area contributed by atoms with E-state index >= 15 is 0 Å². The molecule has 2 aromatic heterocycles. The first kappa shape index (κ1) is 22.0. The SMILES string of the molecule is Cc1cc(NC(=O)c2ccccc2Cl)sc1C(=O)N1CCN(CCc2cccs2)CC1. The van der Waals surface area contributed by atoms with Crippen LogP contribution in [0.3, 0.4) is 0 Å². The summed E-state index contributed by atoms with van der Waals surface area (Å²) in [6.07, 6.45) is 1.06. The zero-order valence-electron chi connectivity index (χ0n) is 17.3. The lowest BCUT2D eigenvalue weighted by molar-refractivity contribution is 0.0643. The van der Waals surface area contributed by atoms with Crippen molar-refractivity contribution in [2.24, 2.45) is 0 Å². The summed E-state index contributed by atoms with van der Waals surface area (Å²) in [5, 5.41) is 6.04. The van der Waals surface area contributed by atoms with E-state index in [4.69, 9.17) is 11.6 Å². The monoisotopic (exact) mass is 473 g/mol. The van der Waals surface area contributed by atoms with Gasteiger partial charge in [-0.25, -0.2) is 0 Å². The average Bonchev–Trinajstić information content (AvgIpc) is 3.42. The van der Waals surface area contributed by atoms with Crippen molar-refractivity contribution in [3.63, 3.8) is 0 Å². The summed E-state index contributed by atoms with van der Waals surface area (Å²) in [5.41, 5.74) is 1.30. The van der Waals surface area contributed by atoms with Crippen molar-refractivity contribution >= 4 is 51.1 Å². The smallest absolute Gasteiger partial charge is 0.264 e. The molecular formula is C23H24ClN3O2S2. The van der Waals surface area contributed by atoms with Gasteiger partial charge in [-0.1, -0.05) is 29.8 Å². The van der Waals surface area contributed by atoms with E-state index < -0.39 is 0 Å². The van der Waals surface area contributed by atoms with E-state index in [1.165, 1.54) is 16.2 Å². The number of hydrogen-bond acceptors (Lipinski definition) is 5. The number of halogens is 1. The van der Waals surface area contributed by atoms with Gasteiger partial charge in [0, 0.05) is 37.6 Å². The van der Waals surface area contributed by atoms with Crippen LogP contribution in [0.25, 0.3) is 0 Å². The number of piperazine rings is 1. The fraction of sp³-hybridized carbons (Fsp3) is 0.304. The van der Waals surface area contributed by atoms with Gasteiger partial charge >= 0.3 is 0 Å². The quantitative estimate of drug-likeness (QED) is 0.546. The zero-order valence-corrected chi connectivity index (χ0v) is 19.7. The Morgan fingerprint density at radius 1 is 1.10 bits per heavy atom. The number of nitrogens with one attached hydrogen (secondary N) is 1. The fourth-order valence-electron chi connectivity index (χ4n) is 3.62. The lowest BCUT2D eigenvalue weighted by Crippen LogP contribution is -2.49. The number of aryl methyl sites for hydroxylation is 1. The first-order valence-corrected chi connectivity index (χ1v) is 12.3. The normalized spacial score (nSPS) is 14.6. The van der Waals surface area contributed by atoms with Gasteiger partial charge in [-0.15, -0.1) is 22.7 Å². The molecule has 5 nitrogen and oxygen atoms in total. The maximum Gasteiger partial charge on any atom is 0.264 e. The second-order valence-corrected chi connectivity index (χ2v) is 10.0. The second-order valence-electron chi connectivity index (χ2n) is 7.52. The van der Waals surface area contributed by atoms with Crippen molar-refractivity contribution in [1.29, 1.82) is 0 Å². The van der Waals surface area contributed by atoms with Gasteiger partial charge in [0.25, 0.3) is 11.8 Å². The van der Waals surface area contributed by atoms with E-state index in [-0.39, 0.29) is 11.8 Å². The molecule has 0 saturated carbocycles. The molecule has 1 aliphatic rings. The van der Waals surface area contributed by atoms with Crippen LogP contribution in [0.4, 0.5) is 5.00 Å². The van der Waals surface area contributed by atoms with E-state index in [1.54, 1.807) is 35.6 Å². The highest BCUT2D eigenvalue weighted by Gasteiger charge is 2.25. The van der Waals surface area contributed by atoms with Crippen LogP contribution in [-0.2, 0) is 6.42 Å². The van der Waals surface area contributed by atoms with Crippen LogP contribution >= 0.6 is 34.3 Å². The minimum Gasteiger partial charge on any atom is -0.335 e. The summed E-state index contributed by atoms with van der Waals surface area (Å²) in [6.45, 7) is 6.16. The molecule has 2 amide bonds. The van der Waals surface area contributed by atoms with Gasteiger partial charge < -0.3 is 10.2 Å². The Bertz CT molecular complexity index is 1060. The van der Waals surface area contributed by atoms with Crippen molar-refractivity contribution in [1.82, 2.24) is 9.80 Å². The highest BCUT2D eigenvalue weighted by Crippen LogP contribution is 2.29. The van der Waals surface area contributed by atoms with Crippen LogP contribution in [0, 0.1) is 6.92 Å². The van der Waals surface area contributed by atoms with Crippen LogP contribution in [0.1, 0.15) is 30.5 Å². The van der Waals surface area contributed by atoms with Crippen LogP contribution < -0.4 is 5.32 Å². The number of nitrogens with zero attached hydrogens (tertiary/aromatic N) is 2. The molecule has 3 aromatic rings. The highest BCUT2D eigenvalue weighted by atomic mass is 35.5. The Balaban J connectivity index is 1.33. The van der Waals surface area contributed by atoms with E-state index in [9.17, 15) is 9.59 Å². The zero-order chi connectivity index (χ0) is 21.8. The van der Waals surface area contributed by atoms with Gasteiger partial charge in [0.2, 0.25) is 0 Å². The topological polar surface area (TPSA) is 52.7 Å². The largest absolute Gasteiger partial charge is 0.335 e. The lowest BCUT2D eigenvalue weighted by atomic mass is 10.2. The molecule has 0 radical (unpaired) electrons. The lowest BCUT2D eigenvalue weighted by Gasteiger charge is -2.34. The molecule has 162 valence electrons. The maximum absolute atomic E-state index is 13.1. The summed E-state index contributed by atoms with van der Waals surface area (Å²) >= 11 is 9.23. The Hall–Kier alpha value is -2.19. The van der Waals surface area contributed by atoms with Crippen molar-refractivity contribution < 1.29 is 9.59 Å². The first-order chi connectivity index (χ1) is 15.0. The van der Waals surface area contributed by atoms with E-state index in [0.717, 1.165) is 44.7 Å². The van der Waals surface area contributed by atoms with E-state index in [2.05, 4.69) is 27.7 Å². The van der Waals surface area contributed by atoms with Crippen LogP contribution in [0.15, 0.2) is 47.8 Å². The predicted octanol–water partition coefficient (Wildman–Crippen LogP) is 5.02. The molecule has 1 aromatic carbocycles. The molecule has 0 bridgehead atoms. The minimum absolute atomic E-state index is 0.0404. The van der Waals surface area contributed by atoms with Crippen molar-refractivity contribution in [3.05, 3.63) is 73.7 Å². The molecule has 31 heavy (non-hydrogen) atoms. The minimum atomic E-state index is -0.273. The summed E-state index contributed by atoms with van der Waals surface area (Å²) < 4.78 is 0. The summed E-state index contributed by atoms with van der Waals surface area (Å²) in [4.78, 5) is 32.0. The van der Waals surface area contributed by atoms with Crippen molar-refractivity contribution in [2.75, 3.05) is 38.0 Å². The maximum atomic E-state index is 13.1. The molecule has 1 fully saturated rings. The van der Waals surface area contributed by atoms with E-state index in [0.29, 0.717) is 20.5 Å². The van der Waals surface area contributed by atoms with Gasteiger partial charge in [0.05, 0.1) is 20.5 Å². The molecule has 1 aliphatic heterocycles. The Kier molecular flexibility index (Phi) is 7.07. The summed E-state index contributed by atoms with van der Waals surface area (Å²) in [6, 6.07) is 13.0. The molecular weight excluding hydrogens is 450 g/mol. The average molecular weight is 474 g/mol. The third kappa shape index (κ3) is 5.36. The van der Waals surface area contributed by atoms with E-state index in [1.807, 2.05) is 17.9 Å². The number of thiophene rings is 2. The molecule has 0 aliphatic carbocycles. The molecule has 1 N–H and O–H groups in total. The second kappa shape index (κ2) is 9.96. The number of benzene rings is 1. The highest BCUT2D eigenvalue weighted by molar-refractivity contribution is 7.18. The third-order valence-electron chi connectivity index (χ3n) is 5.38. The molecule has 1 saturated heterocycles. The molecule has 0 atom stereocenters. The number of rotatable bonds is 6.